The zero-order chi connectivity index (χ0) is 13.3. The first-order valence-corrected chi connectivity index (χ1v) is 7.02. The summed E-state index contributed by atoms with van der Waals surface area (Å²) in [6.45, 7) is 0. The molecule has 0 aromatic carbocycles. The minimum absolute atomic E-state index is 0.0167. The predicted octanol–water partition coefficient (Wildman–Crippen LogP) is -0.0310. The van der Waals surface area contributed by atoms with Crippen molar-refractivity contribution < 1.29 is 14.7 Å². The van der Waals surface area contributed by atoms with E-state index in [2.05, 4.69) is 0 Å². The van der Waals surface area contributed by atoms with Gasteiger partial charge in [-0.2, -0.15) is 11.8 Å². The van der Waals surface area contributed by atoms with Crippen LogP contribution in [0.5, 0.6) is 0 Å². The molecule has 5 N–H and O–H groups in total. The van der Waals surface area contributed by atoms with Crippen molar-refractivity contribution in [3.8, 4) is 0 Å². The Morgan fingerprint density at radius 2 is 2.11 bits per heavy atom. The number of hydrogen-bond acceptors (Lipinski definition) is 5. The molecule has 8 heteroatoms. The highest BCUT2D eigenvalue weighted by molar-refractivity contribution is 8.00. The molecule has 2 heterocycles. The molecule has 0 aliphatic carbocycles. The van der Waals surface area contributed by atoms with Crippen molar-refractivity contribution in [1.82, 2.24) is 10.0 Å². The average molecular weight is 274 g/mol. The molecule has 0 bridgehead atoms. The van der Waals surface area contributed by atoms with Gasteiger partial charge in [-0.3, -0.25) is 14.8 Å². The number of carboxylic acid groups (broad SMARTS) is 1. The first kappa shape index (κ1) is 13.4. The van der Waals surface area contributed by atoms with Crippen LogP contribution in [0.3, 0.4) is 0 Å². The smallest absolute Gasteiger partial charge is 0.349 e. The standard InChI is InChI=1S/C10H18N4O3S/c11-13-6-5-18-7(3-1-2-4-8(15)16)9(6)14(12)10(13)17/h6-7,9H,1-5,11-12H2,(H,15,16)/t6-,7-,9-/m1/s1. The van der Waals surface area contributed by atoms with Crippen LogP contribution >= 0.6 is 11.8 Å². The van der Waals surface area contributed by atoms with E-state index in [4.69, 9.17) is 16.8 Å². The van der Waals surface area contributed by atoms with Crippen LogP contribution in [0, 0.1) is 0 Å². The fraction of sp³-hybridized carbons (Fsp3) is 0.800. The number of hydrogen-bond donors (Lipinski definition) is 3. The zero-order valence-electron chi connectivity index (χ0n) is 9.99. The lowest BCUT2D eigenvalue weighted by Crippen LogP contribution is -2.45. The molecular weight excluding hydrogens is 256 g/mol. The number of fused-ring (bicyclic) bond motifs is 1. The maximum Gasteiger partial charge on any atom is 0.349 e. The number of nitrogens with two attached hydrogens (primary N) is 2. The second kappa shape index (κ2) is 5.33. The summed E-state index contributed by atoms with van der Waals surface area (Å²) in [4.78, 5) is 22.0. The Morgan fingerprint density at radius 3 is 2.78 bits per heavy atom. The maximum atomic E-state index is 11.6. The maximum absolute atomic E-state index is 11.6. The molecule has 3 atom stereocenters. The van der Waals surface area contributed by atoms with E-state index in [0.29, 0.717) is 6.42 Å². The summed E-state index contributed by atoms with van der Waals surface area (Å²) in [5.41, 5.74) is 0. The van der Waals surface area contributed by atoms with Crippen molar-refractivity contribution in [3.05, 3.63) is 0 Å². The van der Waals surface area contributed by atoms with Gasteiger partial charge in [0.2, 0.25) is 0 Å². The van der Waals surface area contributed by atoms with E-state index >= 15 is 0 Å². The minimum atomic E-state index is -0.767. The summed E-state index contributed by atoms with van der Waals surface area (Å²) in [5.74, 6) is 11.5. The molecule has 2 aliphatic heterocycles. The van der Waals surface area contributed by atoms with Crippen molar-refractivity contribution in [2.75, 3.05) is 5.75 Å². The Morgan fingerprint density at radius 1 is 1.39 bits per heavy atom. The van der Waals surface area contributed by atoms with E-state index in [1.165, 1.54) is 10.0 Å². The van der Waals surface area contributed by atoms with E-state index in [1.54, 1.807) is 11.8 Å². The fourth-order valence-electron chi connectivity index (χ4n) is 2.56. The van der Waals surface area contributed by atoms with Gasteiger partial charge in [0.15, 0.2) is 0 Å². The number of amides is 2. The third-order valence-electron chi connectivity index (χ3n) is 3.51. The molecule has 18 heavy (non-hydrogen) atoms. The number of rotatable bonds is 5. The first-order valence-electron chi connectivity index (χ1n) is 5.97. The van der Waals surface area contributed by atoms with Crippen LogP contribution < -0.4 is 11.7 Å². The van der Waals surface area contributed by atoms with Gasteiger partial charge in [-0.25, -0.2) is 16.5 Å². The van der Waals surface area contributed by atoms with Gasteiger partial charge in [0.25, 0.3) is 0 Å². The van der Waals surface area contributed by atoms with Crippen LogP contribution in [0.15, 0.2) is 0 Å². The second-order valence-electron chi connectivity index (χ2n) is 4.67. The highest BCUT2D eigenvalue weighted by Gasteiger charge is 2.51. The minimum Gasteiger partial charge on any atom is -0.481 e. The van der Waals surface area contributed by atoms with Gasteiger partial charge in [0.1, 0.15) is 0 Å². The van der Waals surface area contributed by atoms with E-state index in [0.717, 1.165) is 18.6 Å². The Kier molecular flexibility index (Phi) is 3.98. The van der Waals surface area contributed by atoms with Crippen LogP contribution in [-0.4, -0.2) is 50.2 Å². The number of carbonyl (C=O) groups excluding carboxylic acids is 1. The number of nitrogens with zero attached hydrogens (tertiary/aromatic N) is 2. The van der Waals surface area contributed by atoms with Crippen molar-refractivity contribution in [1.29, 1.82) is 0 Å². The third kappa shape index (κ3) is 2.40. The van der Waals surface area contributed by atoms with Crippen LogP contribution in [0.25, 0.3) is 0 Å². The molecule has 0 spiro atoms. The molecule has 2 fully saturated rings. The van der Waals surface area contributed by atoms with Gasteiger partial charge in [0.05, 0.1) is 12.1 Å². The summed E-state index contributed by atoms with van der Waals surface area (Å²) >= 11 is 1.76. The monoisotopic (exact) mass is 274 g/mol. The summed E-state index contributed by atoms with van der Waals surface area (Å²) in [5, 5.41) is 11.3. The number of urea groups is 1. The SMILES string of the molecule is NN1C(=O)N(N)[C@@H]2CS[C@H](CCCCC(=O)O)[C@@H]21. The van der Waals surface area contributed by atoms with Crippen molar-refractivity contribution in [3.63, 3.8) is 0 Å². The van der Waals surface area contributed by atoms with Gasteiger partial charge in [-0.15, -0.1) is 0 Å². The van der Waals surface area contributed by atoms with Gasteiger partial charge in [-0.05, 0) is 12.8 Å². The predicted molar refractivity (Wildman–Crippen MR) is 67.4 cm³/mol. The average Bonchev–Trinajstić information content (AvgIpc) is 2.82. The molecular formula is C10H18N4O3S. The number of carboxylic acids is 1. The van der Waals surface area contributed by atoms with Crippen LogP contribution in [-0.2, 0) is 4.79 Å². The summed E-state index contributed by atoms with van der Waals surface area (Å²) in [6.07, 6.45) is 2.56. The van der Waals surface area contributed by atoms with Gasteiger partial charge in [-0.1, -0.05) is 6.42 Å². The molecule has 0 unspecified atom stereocenters. The largest absolute Gasteiger partial charge is 0.481 e. The highest BCUT2D eigenvalue weighted by atomic mass is 32.2. The third-order valence-corrected chi connectivity index (χ3v) is 4.98. The molecule has 102 valence electrons. The summed E-state index contributed by atoms with van der Waals surface area (Å²) in [6, 6.07) is -0.393. The molecule has 0 radical (unpaired) electrons. The zero-order valence-corrected chi connectivity index (χ0v) is 10.8. The second-order valence-corrected chi connectivity index (χ2v) is 5.94. The molecule has 0 aromatic rings. The van der Waals surface area contributed by atoms with Crippen molar-refractivity contribution in [2.45, 2.75) is 43.0 Å². The first-order chi connectivity index (χ1) is 8.52. The molecule has 2 aliphatic rings. The lowest BCUT2D eigenvalue weighted by atomic mass is 10.0. The Labute approximate surface area is 109 Å². The number of aliphatic carboxylic acids is 1. The Balaban J connectivity index is 1.84. The van der Waals surface area contributed by atoms with Crippen molar-refractivity contribution >= 4 is 23.8 Å². The normalized spacial score (nSPS) is 31.0. The lowest BCUT2D eigenvalue weighted by Gasteiger charge is -2.22. The van der Waals surface area contributed by atoms with E-state index in [1.807, 2.05) is 0 Å². The van der Waals surface area contributed by atoms with Crippen LogP contribution in [0.4, 0.5) is 4.79 Å². The van der Waals surface area contributed by atoms with Crippen molar-refractivity contribution in [2.24, 2.45) is 11.7 Å². The topological polar surface area (TPSA) is 113 Å². The van der Waals surface area contributed by atoms with E-state index < -0.39 is 5.97 Å². The Hall–Kier alpha value is -0.990. The fourth-order valence-corrected chi connectivity index (χ4v) is 4.20. The van der Waals surface area contributed by atoms with Gasteiger partial charge < -0.3 is 5.11 Å². The molecule has 0 saturated carbocycles. The lowest BCUT2D eigenvalue weighted by molar-refractivity contribution is -0.137. The summed E-state index contributed by atoms with van der Waals surface area (Å²) < 4.78 is 0. The number of carbonyl (C=O) groups is 2. The van der Waals surface area contributed by atoms with Gasteiger partial charge in [0, 0.05) is 17.4 Å². The number of hydrazine groups is 2. The van der Waals surface area contributed by atoms with E-state index in [9.17, 15) is 9.59 Å². The number of unbranched alkanes of at least 4 members (excludes halogenated alkanes) is 1. The number of thioether (sulfide) groups is 1. The quantitative estimate of drug-likeness (QED) is 0.281. The summed E-state index contributed by atoms with van der Waals surface area (Å²) in [7, 11) is 0. The molecule has 2 rings (SSSR count). The molecule has 0 aromatic heterocycles. The molecule has 2 amide bonds. The van der Waals surface area contributed by atoms with Gasteiger partial charge >= 0.3 is 12.0 Å². The highest BCUT2D eigenvalue weighted by Crippen LogP contribution is 2.38. The van der Waals surface area contributed by atoms with Crippen LogP contribution in [0.2, 0.25) is 0 Å². The van der Waals surface area contributed by atoms with Crippen LogP contribution in [0.1, 0.15) is 25.7 Å². The molecule has 2 saturated heterocycles. The molecule has 7 nitrogen and oxygen atoms in total. The van der Waals surface area contributed by atoms with E-state index in [-0.39, 0.29) is 29.8 Å². The Bertz CT molecular complexity index is 354.